The fraction of sp³-hybridized carbons (Fsp3) is 0.455. The lowest BCUT2D eigenvalue weighted by Gasteiger charge is -2.17. The monoisotopic (exact) mass is 205 g/mol. The molecule has 80 valence electrons. The Morgan fingerprint density at radius 1 is 1.53 bits per heavy atom. The summed E-state index contributed by atoms with van der Waals surface area (Å²) in [7, 11) is 1.61. The first-order valence-electron chi connectivity index (χ1n) is 5.11. The number of hydrogen-bond acceptors (Lipinski definition) is 3. The summed E-state index contributed by atoms with van der Waals surface area (Å²) in [6.07, 6.45) is 3.82. The Morgan fingerprint density at radius 3 is 2.93 bits per heavy atom. The SMILES string of the molecule is COc1ccc(CN2CCCC2=N)cn1. The van der Waals surface area contributed by atoms with E-state index in [1.54, 1.807) is 7.11 Å². The van der Waals surface area contributed by atoms with E-state index in [9.17, 15) is 0 Å². The topological polar surface area (TPSA) is 49.2 Å². The number of rotatable bonds is 3. The van der Waals surface area contributed by atoms with Crippen molar-refractivity contribution in [2.45, 2.75) is 19.4 Å². The molecule has 0 amide bonds. The maximum Gasteiger partial charge on any atom is 0.212 e. The zero-order chi connectivity index (χ0) is 10.7. The molecule has 0 spiro atoms. The minimum absolute atomic E-state index is 0.634. The summed E-state index contributed by atoms with van der Waals surface area (Å²) in [6.45, 7) is 1.78. The lowest BCUT2D eigenvalue weighted by molar-refractivity contribution is 0.396. The number of likely N-dealkylation sites (tertiary alicyclic amines) is 1. The Balaban J connectivity index is 2.01. The van der Waals surface area contributed by atoms with Gasteiger partial charge in [-0.3, -0.25) is 5.41 Å². The number of aromatic nitrogens is 1. The van der Waals surface area contributed by atoms with Gasteiger partial charge >= 0.3 is 0 Å². The van der Waals surface area contributed by atoms with Gasteiger partial charge in [-0.2, -0.15) is 0 Å². The molecule has 0 unspecified atom stereocenters. The van der Waals surface area contributed by atoms with Crippen LogP contribution in [0.25, 0.3) is 0 Å². The molecule has 0 saturated carbocycles. The molecule has 4 heteroatoms. The quantitative estimate of drug-likeness (QED) is 0.816. The van der Waals surface area contributed by atoms with Crippen LogP contribution in [0.3, 0.4) is 0 Å². The van der Waals surface area contributed by atoms with E-state index in [1.165, 1.54) is 0 Å². The highest BCUT2D eigenvalue weighted by atomic mass is 16.5. The first-order valence-corrected chi connectivity index (χ1v) is 5.11. The van der Waals surface area contributed by atoms with E-state index in [-0.39, 0.29) is 0 Å². The Bertz CT molecular complexity index is 347. The van der Waals surface area contributed by atoms with Crippen LogP contribution < -0.4 is 4.74 Å². The average molecular weight is 205 g/mol. The summed E-state index contributed by atoms with van der Waals surface area (Å²) in [5.74, 6) is 1.38. The van der Waals surface area contributed by atoms with E-state index in [0.29, 0.717) is 5.88 Å². The molecule has 2 rings (SSSR count). The van der Waals surface area contributed by atoms with Crippen LogP contribution in [0.15, 0.2) is 18.3 Å². The van der Waals surface area contributed by atoms with Crippen LogP contribution in [0.2, 0.25) is 0 Å². The number of pyridine rings is 1. The van der Waals surface area contributed by atoms with Crippen LogP contribution in [0, 0.1) is 5.41 Å². The summed E-state index contributed by atoms with van der Waals surface area (Å²) in [5, 5.41) is 7.71. The second-order valence-corrected chi connectivity index (χ2v) is 3.68. The van der Waals surface area contributed by atoms with Crippen LogP contribution >= 0.6 is 0 Å². The molecule has 1 N–H and O–H groups in total. The molecule has 1 saturated heterocycles. The molecule has 0 radical (unpaired) electrons. The molecule has 0 aliphatic carbocycles. The fourth-order valence-electron chi connectivity index (χ4n) is 1.75. The average Bonchev–Trinajstić information content (AvgIpc) is 2.66. The normalized spacial score (nSPS) is 15.8. The van der Waals surface area contributed by atoms with Crippen LogP contribution in [-0.2, 0) is 6.54 Å². The van der Waals surface area contributed by atoms with Crippen LogP contribution in [-0.4, -0.2) is 29.4 Å². The number of methoxy groups -OCH3 is 1. The van der Waals surface area contributed by atoms with E-state index >= 15 is 0 Å². The molecule has 0 bridgehead atoms. The molecular formula is C11H15N3O. The minimum atomic E-state index is 0.634. The van der Waals surface area contributed by atoms with Crippen molar-refractivity contribution in [3.63, 3.8) is 0 Å². The number of nitrogens with zero attached hydrogens (tertiary/aromatic N) is 2. The van der Waals surface area contributed by atoms with Crippen LogP contribution in [0.5, 0.6) is 5.88 Å². The van der Waals surface area contributed by atoms with Gasteiger partial charge in [0.25, 0.3) is 0 Å². The van der Waals surface area contributed by atoms with Crippen LogP contribution in [0.4, 0.5) is 0 Å². The van der Waals surface area contributed by atoms with E-state index in [4.69, 9.17) is 10.1 Å². The summed E-state index contributed by atoms with van der Waals surface area (Å²) >= 11 is 0. The molecule has 1 aliphatic rings. The lowest BCUT2D eigenvalue weighted by Crippen LogP contribution is -2.23. The first-order chi connectivity index (χ1) is 7.29. The standard InChI is InChI=1S/C11H15N3O/c1-15-11-5-4-9(7-13-11)8-14-6-2-3-10(14)12/h4-5,7,12H,2-3,6,8H2,1H3. The van der Waals surface area contributed by atoms with Crippen molar-refractivity contribution in [2.24, 2.45) is 0 Å². The van der Waals surface area contributed by atoms with Crippen molar-refractivity contribution in [3.8, 4) is 5.88 Å². The molecular weight excluding hydrogens is 190 g/mol. The van der Waals surface area contributed by atoms with E-state index in [2.05, 4.69) is 9.88 Å². The Labute approximate surface area is 89.4 Å². The third-order valence-electron chi connectivity index (χ3n) is 2.60. The predicted octanol–water partition coefficient (Wildman–Crippen LogP) is 1.66. The summed E-state index contributed by atoms with van der Waals surface area (Å²) in [4.78, 5) is 6.23. The number of ether oxygens (including phenoxy) is 1. The highest BCUT2D eigenvalue weighted by molar-refractivity contribution is 5.80. The van der Waals surface area contributed by atoms with Gasteiger partial charge < -0.3 is 9.64 Å². The zero-order valence-corrected chi connectivity index (χ0v) is 8.86. The van der Waals surface area contributed by atoms with Gasteiger partial charge in [0.1, 0.15) is 0 Å². The van der Waals surface area contributed by atoms with Crippen molar-refractivity contribution in [1.82, 2.24) is 9.88 Å². The van der Waals surface area contributed by atoms with Gasteiger partial charge in [-0.1, -0.05) is 6.07 Å². The number of nitrogens with one attached hydrogen (secondary N) is 1. The molecule has 4 nitrogen and oxygen atoms in total. The highest BCUT2D eigenvalue weighted by Crippen LogP contribution is 2.15. The van der Waals surface area contributed by atoms with Crippen molar-refractivity contribution < 1.29 is 4.74 Å². The van der Waals surface area contributed by atoms with Gasteiger partial charge in [-0.25, -0.2) is 4.98 Å². The van der Waals surface area contributed by atoms with Gasteiger partial charge in [0.2, 0.25) is 5.88 Å². The van der Waals surface area contributed by atoms with Gasteiger partial charge in [0.05, 0.1) is 12.9 Å². The molecule has 1 fully saturated rings. The molecule has 0 atom stereocenters. The van der Waals surface area contributed by atoms with Gasteiger partial charge in [-0.05, 0) is 12.0 Å². The first kappa shape index (κ1) is 9.96. The third kappa shape index (κ3) is 2.26. The van der Waals surface area contributed by atoms with Gasteiger partial charge in [-0.15, -0.1) is 0 Å². The zero-order valence-electron chi connectivity index (χ0n) is 8.86. The maximum absolute atomic E-state index is 7.71. The van der Waals surface area contributed by atoms with E-state index in [1.807, 2.05) is 18.3 Å². The van der Waals surface area contributed by atoms with E-state index in [0.717, 1.165) is 37.3 Å². The van der Waals surface area contributed by atoms with Crippen molar-refractivity contribution in [3.05, 3.63) is 23.9 Å². The summed E-state index contributed by atoms with van der Waals surface area (Å²) in [6, 6.07) is 3.85. The third-order valence-corrected chi connectivity index (χ3v) is 2.60. The van der Waals surface area contributed by atoms with Gasteiger partial charge in [0.15, 0.2) is 0 Å². The highest BCUT2D eigenvalue weighted by Gasteiger charge is 2.16. The van der Waals surface area contributed by atoms with Crippen molar-refractivity contribution >= 4 is 5.84 Å². The number of hydrogen-bond donors (Lipinski definition) is 1. The smallest absolute Gasteiger partial charge is 0.212 e. The fourth-order valence-corrected chi connectivity index (χ4v) is 1.75. The summed E-state index contributed by atoms with van der Waals surface area (Å²) in [5.41, 5.74) is 1.13. The second-order valence-electron chi connectivity index (χ2n) is 3.68. The molecule has 2 heterocycles. The van der Waals surface area contributed by atoms with Crippen molar-refractivity contribution in [2.75, 3.05) is 13.7 Å². The second kappa shape index (κ2) is 4.29. The molecule has 1 aromatic heterocycles. The van der Waals surface area contributed by atoms with Crippen LogP contribution in [0.1, 0.15) is 18.4 Å². The Morgan fingerprint density at radius 2 is 2.40 bits per heavy atom. The number of amidine groups is 1. The Kier molecular flexibility index (Phi) is 2.85. The molecule has 1 aromatic rings. The predicted molar refractivity (Wildman–Crippen MR) is 58.2 cm³/mol. The van der Waals surface area contributed by atoms with E-state index < -0.39 is 0 Å². The largest absolute Gasteiger partial charge is 0.481 e. The van der Waals surface area contributed by atoms with Crippen molar-refractivity contribution in [1.29, 1.82) is 5.41 Å². The lowest BCUT2D eigenvalue weighted by atomic mass is 10.2. The maximum atomic E-state index is 7.71. The molecule has 1 aliphatic heterocycles. The summed E-state index contributed by atoms with van der Waals surface area (Å²) < 4.78 is 4.99. The Hall–Kier alpha value is -1.58. The van der Waals surface area contributed by atoms with Gasteiger partial charge in [0, 0.05) is 31.8 Å². The molecule has 0 aromatic carbocycles. The minimum Gasteiger partial charge on any atom is -0.481 e. The molecule has 15 heavy (non-hydrogen) atoms.